The lowest BCUT2D eigenvalue weighted by Crippen LogP contribution is -2.23. The van der Waals surface area contributed by atoms with Crippen molar-refractivity contribution in [1.29, 1.82) is 0 Å². The van der Waals surface area contributed by atoms with Gasteiger partial charge in [0.15, 0.2) is 0 Å². The molecule has 2 heteroatoms. The Balaban J connectivity index is 2.56. The van der Waals surface area contributed by atoms with Gasteiger partial charge in [-0.1, -0.05) is 39.2 Å². The first-order valence-electron chi connectivity index (χ1n) is 8.01. The summed E-state index contributed by atoms with van der Waals surface area (Å²) in [5, 5.41) is 3.57. The summed E-state index contributed by atoms with van der Waals surface area (Å²) in [6.45, 7) is 9.05. The van der Waals surface area contributed by atoms with Crippen LogP contribution in [0.4, 0.5) is 0 Å². The van der Waals surface area contributed by atoms with Crippen LogP contribution in [0.25, 0.3) is 0 Å². The van der Waals surface area contributed by atoms with Gasteiger partial charge >= 0.3 is 0 Å². The summed E-state index contributed by atoms with van der Waals surface area (Å²) < 4.78 is 0. The molecule has 0 amide bonds. The summed E-state index contributed by atoms with van der Waals surface area (Å²) in [6, 6.07) is 0. The van der Waals surface area contributed by atoms with Crippen molar-refractivity contribution < 1.29 is 0 Å². The van der Waals surface area contributed by atoms with E-state index in [0.717, 1.165) is 30.5 Å². The molecule has 0 bridgehead atoms. The number of nitrogens with one attached hydrogen (secondary N) is 1. The Kier molecular flexibility index (Phi) is 7.19. The largest absolute Gasteiger partial charge is 0.348 e. The first-order chi connectivity index (χ1) is 9.10. The minimum atomic E-state index is 0.945. The lowest BCUT2D eigenvalue weighted by atomic mass is 9.97. The van der Waals surface area contributed by atoms with Crippen LogP contribution in [0.2, 0.25) is 0 Å². The highest BCUT2D eigenvalue weighted by Crippen LogP contribution is 2.34. The van der Waals surface area contributed by atoms with E-state index in [9.17, 15) is 0 Å². The molecule has 0 spiro atoms. The predicted octanol–water partition coefficient (Wildman–Crippen LogP) is 4.91. The molecule has 2 unspecified atom stereocenters. The molecule has 2 atom stereocenters. The monoisotopic (exact) mass is 264 g/mol. The Morgan fingerprint density at radius 1 is 1.21 bits per heavy atom. The van der Waals surface area contributed by atoms with E-state index in [2.05, 4.69) is 38.0 Å². The molecule has 1 saturated carbocycles. The zero-order valence-corrected chi connectivity index (χ0v) is 13.6. The van der Waals surface area contributed by atoms with Gasteiger partial charge in [-0.3, -0.25) is 4.99 Å². The minimum Gasteiger partial charge on any atom is -0.348 e. The van der Waals surface area contributed by atoms with Gasteiger partial charge < -0.3 is 5.32 Å². The molecular formula is C17H32N2. The normalized spacial score (nSPS) is 25.4. The lowest BCUT2D eigenvalue weighted by molar-refractivity contribution is 0.475. The third kappa shape index (κ3) is 5.38. The van der Waals surface area contributed by atoms with E-state index in [-0.39, 0.29) is 0 Å². The fourth-order valence-corrected chi connectivity index (χ4v) is 3.01. The molecule has 19 heavy (non-hydrogen) atoms. The summed E-state index contributed by atoms with van der Waals surface area (Å²) in [5.41, 5.74) is 2.91. The maximum absolute atomic E-state index is 4.33. The van der Waals surface area contributed by atoms with Gasteiger partial charge in [0.2, 0.25) is 0 Å². The molecular weight excluding hydrogens is 232 g/mol. The average molecular weight is 264 g/mol. The number of allylic oxidation sites excluding steroid dienone is 2. The van der Waals surface area contributed by atoms with Crippen molar-refractivity contribution >= 4 is 5.84 Å². The summed E-state index contributed by atoms with van der Waals surface area (Å²) in [4.78, 5) is 4.33. The molecule has 1 aliphatic carbocycles. The molecule has 2 nitrogen and oxygen atoms in total. The van der Waals surface area contributed by atoms with E-state index >= 15 is 0 Å². The van der Waals surface area contributed by atoms with Crippen molar-refractivity contribution in [2.75, 3.05) is 7.05 Å². The molecule has 0 aromatic carbocycles. The molecule has 1 fully saturated rings. The van der Waals surface area contributed by atoms with Crippen LogP contribution in [0.5, 0.6) is 0 Å². The van der Waals surface area contributed by atoms with Crippen molar-refractivity contribution in [3.63, 3.8) is 0 Å². The topological polar surface area (TPSA) is 24.4 Å². The molecule has 110 valence electrons. The second-order valence-electron chi connectivity index (χ2n) is 6.08. The second kappa shape index (κ2) is 8.39. The molecule has 0 aliphatic heterocycles. The summed E-state index contributed by atoms with van der Waals surface area (Å²) in [5.74, 6) is 3.00. The lowest BCUT2D eigenvalue weighted by Gasteiger charge is -2.17. The van der Waals surface area contributed by atoms with Crippen LogP contribution >= 0.6 is 0 Å². The Labute approximate surface area is 119 Å². The molecule has 1 rings (SSSR count). The molecule has 0 saturated heterocycles. The molecule has 0 radical (unpaired) electrons. The van der Waals surface area contributed by atoms with Crippen molar-refractivity contribution in [1.82, 2.24) is 5.32 Å². The number of amidine groups is 1. The van der Waals surface area contributed by atoms with Crippen LogP contribution in [0.3, 0.4) is 0 Å². The molecule has 1 aliphatic rings. The molecule has 1 N–H and O–H groups in total. The zero-order chi connectivity index (χ0) is 14.3. The number of rotatable bonds is 6. The fraction of sp³-hybridized carbons (Fsp3) is 0.824. The molecule has 0 heterocycles. The minimum absolute atomic E-state index is 0.945. The average Bonchev–Trinajstić information content (AvgIpc) is 2.84. The smallest absolute Gasteiger partial charge is 0.0998 e. The van der Waals surface area contributed by atoms with Crippen molar-refractivity contribution in [2.45, 2.75) is 72.6 Å². The van der Waals surface area contributed by atoms with E-state index in [0.29, 0.717) is 0 Å². The van der Waals surface area contributed by atoms with E-state index < -0.39 is 0 Å². The van der Waals surface area contributed by atoms with Gasteiger partial charge in [0.05, 0.1) is 5.84 Å². The number of nitrogens with zero attached hydrogens (tertiary/aromatic N) is 1. The third-order valence-corrected chi connectivity index (χ3v) is 4.55. The van der Waals surface area contributed by atoms with Gasteiger partial charge in [-0.05, 0) is 44.4 Å². The first kappa shape index (κ1) is 16.3. The first-order valence-corrected chi connectivity index (χ1v) is 8.01. The standard InChI is InChI=1S/C17H32N2/c1-6-14(4)16(19-17(7-2)18-5)11-10-15-9-8-13(3)12-15/h13,15H,6-12H2,1-5H3,(H,18,19)/b16-14+. The highest BCUT2D eigenvalue weighted by molar-refractivity contribution is 5.83. The second-order valence-corrected chi connectivity index (χ2v) is 6.08. The van der Waals surface area contributed by atoms with Gasteiger partial charge in [0, 0.05) is 19.2 Å². The number of aliphatic imine (C=N–C) groups is 1. The number of hydrogen-bond acceptors (Lipinski definition) is 1. The van der Waals surface area contributed by atoms with E-state index in [1.165, 1.54) is 43.4 Å². The summed E-state index contributed by atoms with van der Waals surface area (Å²) >= 11 is 0. The van der Waals surface area contributed by atoms with Crippen LogP contribution < -0.4 is 5.32 Å². The van der Waals surface area contributed by atoms with Crippen molar-refractivity contribution in [3.05, 3.63) is 11.3 Å². The Morgan fingerprint density at radius 3 is 2.42 bits per heavy atom. The highest BCUT2D eigenvalue weighted by atomic mass is 15.0. The Bertz CT molecular complexity index is 328. The van der Waals surface area contributed by atoms with Crippen LogP contribution in [0, 0.1) is 11.8 Å². The van der Waals surface area contributed by atoms with Crippen molar-refractivity contribution in [3.8, 4) is 0 Å². The van der Waals surface area contributed by atoms with Gasteiger partial charge in [-0.2, -0.15) is 0 Å². The molecule has 0 aromatic rings. The number of hydrogen-bond donors (Lipinski definition) is 1. The third-order valence-electron chi connectivity index (χ3n) is 4.55. The fourth-order valence-electron chi connectivity index (χ4n) is 3.01. The SMILES string of the molecule is CC/C(=N/C)N/C(CCC1CCC(C)C1)=C(\C)CC. The maximum atomic E-state index is 4.33. The quantitative estimate of drug-likeness (QED) is 0.534. The highest BCUT2D eigenvalue weighted by Gasteiger charge is 2.21. The van der Waals surface area contributed by atoms with E-state index in [1.54, 1.807) is 0 Å². The summed E-state index contributed by atoms with van der Waals surface area (Å²) in [7, 11) is 1.88. The van der Waals surface area contributed by atoms with Crippen LogP contribution in [0.1, 0.15) is 72.6 Å². The van der Waals surface area contributed by atoms with E-state index in [1.807, 2.05) is 7.05 Å². The Morgan fingerprint density at radius 2 is 1.95 bits per heavy atom. The van der Waals surface area contributed by atoms with Crippen LogP contribution in [0.15, 0.2) is 16.3 Å². The van der Waals surface area contributed by atoms with Gasteiger partial charge in [-0.15, -0.1) is 0 Å². The van der Waals surface area contributed by atoms with Gasteiger partial charge in [-0.25, -0.2) is 0 Å². The molecule has 0 aromatic heterocycles. The zero-order valence-electron chi connectivity index (χ0n) is 13.6. The summed E-state index contributed by atoms with van der Waals surface area (Å²) in [6.07, 6.45) is 8.94. The van der Waals surface area contributed by atoms with E-state index in [4.69, 9.17) is 0 Å². The Hall–Kier alpha value is -0.790. The van der Waals surface area contributed by atoms with Crippen LogP contribution in [-0.4, -0.2) is 12.9 Å². The van der Waals surface area contributed by atoms with Gasteiger partial charge in [0.1, 0.15) is 0 Å². The maximum Gasteiger partial charge on any atom is 0.0998 e. The van der Waals surface area contributed by atoms with Crippen molar-refractivity contribution in [2.24, 2.45) is 16.8 Å². The van der Waals surface area contributed by atoms with Gasteiger partial charge in [0.25, 0.3) is 0 Å². The van der Waals surface area contributed by atoms with Crippen LogP contribution in [-0.2, 0) is 0 Å². The predicted molar refractivity (Wildman–Crippen MR) is 85.5 cm³/mol.